The lowest BCUT2D eigenvalue weighted by atomic mass is 10.0. The Bertz CT molecular complexity index is 1180. The molecule has 0 aliphatic rings. The number of hydrogen-bond donors (Lipinski definition) is 0. The third-order valence-electron chi connectivity index (χ3n) is 4.74. The summed E-state index contributed by atoms with van der Waals surface area (Å²) in [5.41, 5.74) is 3.58. The van der Waals surface area contributed by atoms with Crippen LogP contribution in [0.5, 0.6) is 5.75 Å². The molecule has 1 heterocycles. The highest BCUT2D eigenvalue weighted by Crippen LogP contribution is 2.30. The fourth-order valence-corrected chi connectivity index (χ4v) is 3.45. The average molecular weight is 391 g/mol. The van der Waals surface area contributed by atoms with E-state index in [1.54, 1.807) is 12.1 Å². The van der Waals surface area contributed by atoms with Gasteiger partial charge in [-0.15, -0.1) is 0 Å². The summed E-state index contributed by atoms with van der Waals surface area (Å²) in [6.07, 6.45) is 2.22. The van der Waals surface area contributed by atoms with Gasteiger partial charge in [-0.1, -0.05) is 67.1 Å². The minimum atomic E-state index is -0.0985. The van der Waals surface area contributed by atoms with Crippen molar-refractivity contribution in [1.29, 1.82) is 0 Å². The first kappa shape index (κ1) is 18.3. The standard InChI is InChI=1S/C24H19ClO3/c1-2-17-12-19-23(13-22(17)27-14-16-8-4-3-5-9-16)28-15-20(24(19)26)18-10-6-7-11-21(18)25/h3-13,15H,2,14H2,1H3. The summed E-state index contributed by atoms with van der Waals surface area (Å²) in [5.74, 6) is 0.729. The molecule has 0 fully saturated rings. The summed E-state index contributed by atoms with van der Waals surface area (Å²) in [6, 6.07) is 20.9. The van der Waals surface area contributed by atoms with Crippen LogP contribution in [0, 0.1) is 0 Å². The lowest BCUT2D eigenvalue weighted by molar-refractivity contribution is 0.303. The molecule has 0 bridgehead atoms. The summed E-state index contributed by atoms with van der Waals surface area (Å²) in [4.78, 5) is 13.1. The van der Waals surface area contributed by atoms with Gasteiger partial charge in [0, 0.05) is 16.7 Å². The van der Waals surface area contributed by atoms with E-state index in [4.69, 9.17) is 20.8 Å². The Labute approximate surface area is 168 Å². The van der Waals surface area contributed by atoms with Gasteiger partial charge < -0.3 is 9.15 Å². The molecule has 4 aromatic rings. The lowest BCUT2D eigenvalue weighted by Gasteiger charge is -2.12. The largest absolute Gasteiger partial charge is 0.488 e. The number of ether oxygens (including phenoxy) is 1. The summed E-state index contributed by atoms with van der Waals surface area (Å²) in [5, 5.41) is 1.05. The molecule has 3 aromatic carbocycles. The Morgan fingerprint density at radius 2 is 1.71 bits per heavy atom. The maximum atomic E-state index is 13.1. The molecule has 4 rings (SSSR count). The van der Waals surface area contributed by atoms with Crippen LogP contribution in [-0.2, 0) is 13.0 Å². The molecule has 0 amide bonds. The smallest absolute Gasteiger partial charge is 0.200 e. The summed E-state index contributed by atoms with van der Waals surface area (Å²) in [6.45, 7) is 2.50. The first-order valence-corrected chi connectivity index (χ1v) is 9.55. The molecule has 0 aliphatic carbocycles. The molecular weight excluding hydrogens is 372 g/mol. The van der Waals surface area contributed by atoms with E-state index in [0.29, 0.717) is 33.7 Å². The van der Waals surface area contributed by atoms with E-state index in [9.17, 15) is 4.79 Å². The molecule has 3 nitrogen and oxygen atoms in total. The van der Waals surface area contributed by atoms with Crippen molar-refractivity contribution in [1.82, 2.24) is 0 Å². The molecule has 28 heavy (non-hydrogen) atoms. The van der Waals surface area contributed by atoms with Crippen LogP contribution in [0.2, 0.25) is 5.02 Å². The van der Waals surface area contributed by atoms with Gasteiger partial charge in [-0.25, -0.2) is 0 Å². The number of rotatable bonds is 5. The van der Waals surface area contributed by atoms with Gasteiger partial charge in [-0.3, -0.25) is 4.79 Å². The first-order chi connectivity index (χ1) is 13.7. The van der Waals surface area contributed by atoms with Gasteiger partial charge >= 0.3 is 0 Å². The van der Waals surface area contributed by atoms with Gasteiger partial charge in [-0.05, 0) is 29.7 Å². The molecule has 0 saturated heterocycles. The van der Waals surface area contributed by atoms with E-state index in [2.05, 4.69) is 0 Å². The van der Waals surface area contributed by atoms with E-state index in [0.717, 1.165) is 23.3 Å². The molecule has 0 atom stereocenters. The van der Waals surface area contributed by atoms with Crippen molar-refractivity contribution >= 4 is 22.6 Å². The number of fused-ring (bicyclic) bond motifs is 1. The second-order valence-corrected chi connectivity index (χ2v) is 6.95. The molecule has 1 aromatic heterocycles. The molecule has 0 spiro atoms. The lowest BCUT2D eigenvalue weighted by Crippen LogP contribution is -2.07. The van der Waals surface area contributed by atoms with Crippen molar-refractivity contribution in [2.45, 2.75) is 20.0 Å². The molecule has 0 unspecified atom stereocenters. The molecular formula is C24H19ClO3. The summed E-state index contributed by atoms with van der Waals surface area (Å²) < 4.78 is 11.8. The van der Waals surface area contributed by atoms with Crippen LogP contribution in [-0.4, -0.2) is 0 Å². The van der Waals surface area contributed by atoms with Gasteiger partial charge in [-0.2, -0.15) is 0 Å². The Morgan fingerprint density at radius 1 is 0.964 bits per heavy atom. The fraction of sp³-hybridized carbons (Fsp3) is 0.125. The van der Waals surface area contributed by atoms with Crippen molar-refractivity contribution in [2.75, 3.05) is 0 Å². The monoisotopic (exact) mass is 390 g/mol. The van der Waals surface area contributed by atoms with E-state index in [1.165, 1.54) is 6.26 Å². The van der Waals surface area contributed by atoms with Crippen LogP contribution in [0.15, 0.2) is 82.2 Å². The highest BCUT2D eigenvalue weighted by molar-refractivity contribution is 6.33. The van der Waals surface area contributed by atoms with Crippen LogP contribution < -0.4 is 10.2 Å². The number of hydrogen-bond acceptors (Lipinski definition) is 3. The van der Waals surface area contributed by atoms with Crippen molar-refractivity contribution in [2.24, 2.45) is 0 Å². The minimum Gasteiger partial charge on any atom is -0.488 e. The zero-order valence-corrected chi connectivity index (χ0v) is 16.2. The van der Waals surface area contributed by atoms with Gasteiger partial charge in [0.15, 0.2) is 0 Å². The van der Waals surface area contributed by atoms with Crippen LogP contribution in [0.25, 0.3) is 22.1 Å². The van der Waals surface area contributed by atoms with Crippen molar-refractivity contribution in [3.05, 3.63) is 99.4 Å². The van der Waals surface area contributed by atoms with Crippen LogP contribution in [0.4, 0.5) is 0 Å². The quantitative estimate of drug-likeness (QED) is 0.404. The summed E-state index contributed by atoms with van der Waals surface area (Å²) in [7, 11) is 0. The molecule has 0 saturated carbocycles. The molecule has 140 valence electrons. The fourth-order valence-electron chi connectivity index (χ4n) is 3.21. The third-order valence-corrected chi connectivity index (χ3v) is 5.07. The molecule has 0 N–H and O–H groups in total. The highest BCUT2D eigenvalue weighted by Gasteiger charge is 2.14. The van der Waals surface area contributed by atoms with E-state index in [-0.39, 0.29) is 5.43 Å². The SMILES string of the molecule is CCc1cc2c(=O)c(-c3ccccc3Cl)coc2cc1OCc1ccccc1. The third kappa shape index (κ3) is 3.54. The van der Waals surface area contributed by atoms with Gasteiger partial charge in [0.05, 0.1) is 10.9 Å². The normalized spacial score (nSPS) is 10.9. The van der Waals surface area contributed by atoms with Crippen LogP contribution in [0.3, 0.4) is 0 Å². The maximum Gasteiger partial charge on any atom is 0.200 e. The Hall–Kier alpha value is -3.04. The second kappa shape index (κ2) is 7.91. The number of halogens is 1. The van der Waals surface area contributed by atoms with Crippen LogP contribution in [0.1, 0.15) is 18.1 Å². The first-order valence-electron chi connectivity index (χ1n) is 9.17. The van der Waals surface area contributed by atoms with Crippen molar-refractivity contribution in [3.8, 4) is 16.9 Å². The van der Waals surface area contributed by atoms with E-state index < -0.39 is 0 Å². The zero-order valence-electron chi connectivity index (χ0n) is 15.4. The number of benzene rings is 3. The average Bonchev–Trinajstić information content (AvgIpc) is 2.73. The highest BCUT2D eigenvalue weighted by atomic mass is 35.5. The molecule has 0 aliphatic heterocycles. The minimum absolute atomic E-state index is 0.0985. The van der Waals surface area contributed by atoms with Gasteiger partial charge in [0.2, 0.25) is 5.43 Å². The van der Waals surface area contributed by atoms with Gasteiger partial charge in [0.25, 0.3) is 0 Å². The van der Waals surface area contributed by atoms with Crippen molar-refractivity contribution in [3.63, 3.8) is 0 Å². The zero-order chi connectivity index (χ0) is 19.5. The maximum absolute atomic E-state index is 13.1. The van der Waals surface area contributed by atoms with E-state index >= 15 is 0 Å². The Morgan fingerprint density at radius 3 is 2.46 bits per heavy atom. The second-order valence-electron chi connectivity index (χ2n) is 6.54. The van der Waals surface area contributed by atoms with E-state index in [1.807, 2.05) is 61.5 Å². The topological polar surface area (TPSA) is 39.4 Å². The summed E-state index contributed by atoms with van der Waals surface area (Å²) >= 11 is 6.26. The molecule has 4 heteroatoms. The Balaban J connectivity index is 1.76. The number of aryl methyl sites for hydroxylation is 1. The Kier molecular flexibility index (Phi) is 5.18. The van der Waals surface area contributed by atoms with Gasteiger partial charge in [0.1, 0.15) is 24.2 Å². The molecule has 0 radical (unpaired) electrons. The van der Waals surface area contributed by atoms with Crippen molar-refractivity contribution < 1.29 is 9.15 Å². The predicted molar refractivity (Wildman–Crippen MR) is 113 cm³/mol. The van der Waals surface area contributed by atoms with Crippen LogP contribution >= 0.6 is 11.6 Å². The predicted octanol–water partition coefficient (Wildman–Crippen LogP) is 6.25.